The van der Waals surface area contributed by atoms with Crippen LogP contribution in [0.2, 0.25) is 0 Å². The van der Waals surface area contributed by atoms with Gasteiger partial charge in [0.05, 0.1) is 0 Å². The van der Waals surface area contributed by atoms with E-state index in [1.165, 1.54) is 29.5 Å². The minimum Gasteiger partial charge on any atom is -0.0651 e. The van der Waals surface area contributed by atoms with Crippen molar-refractivity contribution in [3.63, 3.8) is 0 Å². The van der Waals surface area contributed by atoms with Crippen molar-refractivity contribution in [1.82, 2.24) is 0 Å². The van der Waals surface area contributed by atoms with Gasteiger partial charge in [0.15, 0.2) is 0 Å². The Hall–Kier alpha value is -1.56. The van der Waals surface area contributed by atoms with Crippen molar-refractivity contribution < 1.29 is 0 Å². The first-order valence-electron chi connectivity index (χ1n) is 8.18. The molecule has 0 saturated carbocycles. The molecule has 0 unspecified atom stereocenters. The summed E-state index contributed by atoms with van der Waals surface area (Å²) in [6, 6.07) is 19.5. The molecular formula is C21H30. The Bertz CT molecular complexity index is 450. The fourth-order valence-corrected chi connectivity index (χ4v) is 2.20. The molecule has 0 atom stereocenters. The third kappa shape index (κ3) is 6.62. The highest BCUT2D eigenvalue weighted by molar-refractivity contribution is 5.26. The first kappa shape index (κ1) is 17.5. The standard InChI is InChI=1S/C12H18.C9H12/c1-9(2)11-5-7-12(8-6-11)10(3)4;1-2-6-9-7-4-3-5-8-9/h5-10H,1-4H3;3-5,7-8H,2,6H2,1H3. The molecule has 0 spiro atoms. The number of benzene rings is 2. The van der Waals surface area contributed by atoms with Crippen LogP contribution in [0.3, 0.4) is 0 Å². The quantitative estimate of drug-likeness (QED) is 0.594. The van der Waals surface area contributed by atoms with Gasteiger partial charge in [0, 0.05) is 0 Å². The molecule has 21 heavy (non-hydrogen) atoms. The van der Waals surface area contributed by atoms with E-state index in [-0.39, 0.29) is 0 Å². The minimum atomic E-state index is 0.645. The van der Waals surface area contributed by atoms with Gasteiger partial charge < -0.3 is 0 Å². The van der Waals surface area contributed by atoms with E-state index in [0.29, 0.717) is 11.8 Å². The van der Waals surface area contributed by atoms with Crippen LogP contribution in [-0.2, 0) is 6.42 Å². The highest BCUT2D eigenvalue weighted by Gasteiger charge is 2.00. The highest BCUT2D eigenvalue weighted by Crippen LogP contribution is 2.18. The average Bonchev–Trinajstić information content (AvgIpc) is 2.49. The molecule has 0 heterocycles. The van der Waals surface area contributed by atoms with Crippen LogP contribution in [0.5, 0.6) is 0 Å². The maximum atomic E-state index is 2.24. The lowest BCUT2D eigenvalue weighted by Crippen LogP contribution is -1.90. The molecule has 2 aromatic rings. The lowest BCUT2D eigenvalue weighted by molar-refractivity contribution is 0.845. The van der Waals surface area contributed by atoms with Gasteiger partial charge in [0.25, 0.3) is 0 Å². The molecule has 0 bridgehead atoms. The van der Waals surface area contributed by atoms with Crippen LogP contribution < -0.4 is 0 Å². The zero-order chi connectivity index (χ0) is 15.7. The predicted molar refractivity (Wildman–Crippen MR) is 95.1 cm³/mol. The van der Waals surface area contributed by atoms with Crippen molar-refractivity contribution in [2.75, 3.05) is 0 Å². The third-order valence-electron chi connectivity index (χ3n) is 3.65. The van der Waals surface area contributed by atoms with Gasteiger partial charge in [-0.15, -0.1) is 0 Å². The van der Waals surface area contributed by atoms with Gasteiger partial charge in [-0.3, -0.25) is 0 Å². The molecule has 0 heteroatoms. The molecule has 0 saturated heterocycles. The van der Waals surface area contributed by atoms with Gasteiger partial charge in [0.2, 0.25) is 0 Å². The van der Waals surface area contributed by atoms with E-state index < -0.39 is 0 Å². The number of aryl methyl sites for hydroxylation is 1. The third-order valence-corrected chi connectivity index (χ3v) is 3.65. The van der Waals surface area contributed by atoms with Crippen LogP contribution in [0, 0.1) is 0 Å². The molecule has 0 amide bonds. The van der Waals surface area contributed by atoms with Crippen LogP contribution in [-0.4, -0.2) is 0 Å². The van der Waals surface area contributed by atoms with E-state index in [9.17, 15) is 0 Å². The van der Waals surface area contributed by atoms with E-state index in [1.807, 2.05) is 0 Å². The summed E-state index contributed by atoms with van der Waals surface area (Å²) in [4.78, 5) is 0. The second-order valence-corrected chi connectivity index (χ2v) is 6.21. The molecule has 0 aliphatic heterocycles. The van der Waals surface area contributed by atoms with E-state index in [4.69, 9.17) is 0 Å². The van der Waals surface area contributed by atoms with E-state index >= 15 is 0 Å². The molecule has 0 N–H and O–H groups in total. The van der Waals surface area contributed by atoms with Gasteiger partial charge in [-0.1, -0.05) is 95.6 Å². The Kier molecular flexibility index (Phi) is 7.82. The summed E-state index contributed by atoms with van der Waals surface area (Å²) in [5.74, 6) is 1.29. The first-order valence-corrected chi connectivity index (χ1v) is 8.18. The Balaban J connectivity index is 0.000000219. The number of rotatable bonds is 4. The minimum absolute atomic E-state index is 0.645. The summed E-state index contributed by atoms with van der Waals surface area (Å²) in [5.41, 5.74) is 4.30. The highest BCUT2D eigenvalue weighted by atomic mass is 14.1. The Morgan fingerprint density at radius 2 is 1.10 bits per heavy atom. The summed E-state index contributed by atoms with van der Waals surface area (Å²) >= 11 is 0. The van der Waals surface area contributed by atoms with E-state index in [1.54, 1.807) is 0 Å². The monoisotopic (exact) mass is 282 g/mol. The Morgan fingerprint density at radius 1 is 0.667 bits per heavy atom. The number of hydrogen-bond acceptors (Lipinski definition) is 0. The Labute approximate surface area is 131 Å². The van der Waals surface area contributed by atoms with Crippen LogP contribution in [0.15, 0.2) is 54.6 Å². The topological polar surface area (TPSA) is 0 Å². The van der Waals surface area contributed by atoms with E-state index in [2.05, 4.69) is 89.2 Å². The van der Waals surface area contributed by atoms with Crippen molar-refractivity contribution in [3.05, 3.63) is 71.3 Å². The summed E-state index contributed by atoms with van der Waals surface area (Å²) in [5, 5.41) is 0. The van der Waals surface area contributed by atoms with Gasteiger partial charge in [-0.05, 0) is 34.9 Å². The molecule has 0 aliphatic rings. The molecule has 0 aliphatic carbocycles. The molecule has 0 fully saturated rings. The molecule has 2 aromatic carbocycles. The molecule has 0 aromatic heterocycles. The first-order chi connectivity index (χ1) is 10.0. The van der Waals surface area contributed by atoms with Crippen LogP contribution in [0.1, 0.15) is 69.6 Å². The van der Waals surface area contributed by atoms with Gasteiger partial charge in [-0.25, -0.2) is 0 Å². The second-order valence-electron chi connectivity index (χ2n) is 6.21. The zero-order valence-electron chi connectivity index (χ0n) is 14.3. The smallest absolute Gasteiger partial charge is 0.0219 e. The van der Waals surface area contributed by atoms with Crippen molar-refractivity contribution >= 4 is 0 Å². The van der Waals surface area contributed by atoms with Crippen molar-refractivity contribution in [2.24, 2.45) is 0 Å². The van der Waals surface area contributed by atoms with Crippen molar-refractivity contribution in [3.8, 4) is 0 Å². The normalized spacial score (nSPS) is 10.4. The molecular weight excluding hydrogens is 252 g/mol. The predicted octanol–water partition coefficient (Wildman–Crippen LogP) is 6.57. The van der Waals surface area contributed by atoms with E-state index in [0.717, 1.165) is 0 Å². The molecule has 0 radical (unpaired) electrons. The zero-order valence-corrected chi connectivity index (χ0v) is 14.3. The lowest BCUT2D eigenvalue weighted by Gasteiger charge is -2.08. The van der Waals surface area contributed by atoms with Gasteiger partial charge in [0.1, 0.15) is 0 Å². The average molecular weight is 282 g/mol. The fourth-order valence-electron chi connectivity index (χ4n) is 2.20. The van der Waals surface area contributed by atoms with Crippen LogP contribution in [0.4, 0.5) is 0 Å². The maximum Gasteiger partial charge on any atom is -0.0219 e. The SMILES string of the molecule is CC(C)c1ccc(C(C)C)cc1.CCCc1ccccc1. The molecule has 114 valence electrons. The maximum absolute atomic E-state index is 2.24. The second kappa shape index (κ2) is 9.39. The Morgan fingerprint density at radius 3 is 1.43 bits per heavy atom. The molecule has 0 nitrogen and oxygen atoms in total. The van der Waals surface area contributed by atoms with Gasteiger partial charge in [-0.2, -0.15) is 0 Å². The van der Waals surface area contributed by atoms with Crippen molar-refractivity contribution in [2.45, 2.75) is 59.3 Å². The summed E-state index contributed by atoms with van der Waals surface area (Å²) in [7, 11) is 0. The fraction of sp³-hybridized carbons (Fsp3) is 0.429. The number of hydrogen-bond donors (Lipinski definition) is 0. The largest absolute Gasteiger partial charge is 0.0651 e. The summed E-state index contributed by atoms with van der Waals surface area (Å²) in [6.07, 6.45) is 2.45. The summed E-state index contributed by atoms with van der Waals surface area (Å²) < 4.78 is 0. The summed E-state index contributed by atoms with van der Waals surface area (Å²) in [6.45, 7) is 11.1. The van der Waals surface area contributed by atoms with Crippen LogP contribution >= 0.6 is 0 Å². The van der Waals surface area contributed by atoms with Crippen LogP contribution in [0.25, 0.3) is 0 Å². The van der Waals surface area contributed by atoms with Gasteiger partial charge >= 0.3 is 0 Å². The van der Waals surface area contributed by atoms with Crippen molar-refractivity contribution in [1.29, 1.82) is 0 Å². The molecule has 2 rings (SSSR count). The lowest BCUT2D eigenvalue weighted by atomic mass is 9.97.